The molecule has 0 bridgehead atoms. The van der Waals surface area contributed by atoms with Crippen LogP contribution in [0, 0.1) is 80.8 Å². The van der Waals surface area contributed by atoms with Gasteiger partial charge in [0.1, 0.15) is 11.6 Å². The van der Waals surface area contributed by atoms with Crippen LogP contribution in [0.15, 0.2) is 0 Å². The third-order valence-electron chi connectivity index (χ3n) is 17.7. The fraction of sp³-hybridized carbons (Fsp3) is 0.923. The van der Waals surface area contributed by atoms with Gasteiger partial charge in [0.05, 0.1) is 24.0 Å². The van der Waals surface area contributed by atoms with Crippen molar-refractivity contribution in [1.82, 2.24) is 0 Å². The summed E-state index contributed by atoms with van der Waals surface area (Å²) in [7, 11) is 0. The molecule has 0 heterocycles. The van der Waals surface area contributed by atoms with Gasteiger partial charge < -0.3 is 10.2 Å². The minimum Gasteiger partial charge on any atom is -0.393 e. The lowest BCUT2D eigenvalue weighted by Gasteiger charge is -2.62. The molecule has 5 nitrogen and oxygen atoms in total. The SMILES string of the molecule is C[C@]12CC[C@H]3[C@@H](CCC4C(C(=O)C5C(=O)CC[C@@]6(C)C5CC[C@H]5[C@@H]7CC[C@H](O)[C@@]7(C)CC[C@@H]56)C(=O)CC[C@@]43C)[C@@H]1CC[C@@H]2O. The summed E-state index contributed by atoms with van der Waals surface area (Å²) in [6.07, 6.45) is 14.6. The third-order valence-corrected chi connectivity index (χ3v) is 17.7. The number of rotatable bonds is 2. The van der Waals surface area contributed by atoms with Crippen molar-refractivity contribution in [3.05, 3.63) is 0 Å². The highest BCUT2D eigenvalue weighted by Gasteiger charge is 2.66. The zero-order valence-corrected chi connectivity index (χ0v) is 27.9. The molecule has 4 unspecified atom stereocenters. The number of aliphatic hydroxyl groups is 2. The van der Waals surface area contributed by atoms with Crippen LogP contribution in [0.4, 0.5) is 0 Å². The van der Waals surface area contributed by atoms with Crippen LogP contribution in [-0.4, -0.2) is 39.8 Å². The van der Waals surface area contributed by atoms with E-state index in [2.05, 4.69) is 27.7 Å². The highest BCUT2D eigenvalue weighted by Crippen LogP contribution is 2.69. The van der Waals surface area contributed by atoms with E-state index in [1.165, 1.54) is 0 Å². The number of hydrogen-bond acceptors (Lipinski definition) is 5. The molecular weight excluding hydrogens is 548 g/mol. The first-order valence-corrected chi connectivity index (χ1v) is 18.8. The van der Waals surface area contributed by atoms with E-state index in [4.69, 9.17) is 0 Å². The highest BCUT2D eigenvalue weighted by molar-refractivity contribution is 6.12. The van der Waals surface area contributed by atoms with Gasteiger partial charge in [0.15, 0.2) is 5.78 Å². The predicted octanol–water partition coefficient (Wildman–Crippen LogP) is 6.95. The summed E-state index contributed by atoms with van der Waals surface area (Å²) in [5, 5.41) is 21.8. The third kappa shape index (κ3) is 3.81. The molecular formula is C39H58O5. The van der Waals surface area contributed by atoms with E-state index in [9.17, 15) is 24.6 Å². The van der Waals surface area contributed by atoms with Gasteiger partial charge in [-0.2, -0.15) is 0 Å². The summed E-state index contributed by atoms with van der Waals surface area (Å²) in [6.45, 7) is 9.45. The Hall–Kier alpha value is -1.07. The van der Waals surface area contributed by atoms with Crippen molar-refractivity contribution in [2.24, 2.45) is 80.8 Å². The lowest BCUT2D eigenvalue weighted by molar-refractivity contribution is -0.172. The van der Waals surface area contributed by atoms with Crippen molar-refractivity contribution in [3.63, 3.8) is 0 Å². The van der Waals surface area contributed by atoms with Gasteiger partial charge in [-0.1, -0.05) is 27.7 Å². The van der Waals surface area contributed by atoms with Gasteiger partial charge in [-0.3, -0.25) is 14.4 Å². The Morgan fingerprint density at radius 2 is 0.864 bits per heavy atom. The molecule has 0 aromatic rings. The molecule has 44 heavy (non-hydrogen) atoms. The quantitative estimate of drug-likeness (QED) is 0.332. The fourth-order valence-electron chi connectivity index (χ4n) is 15.2. The monoisotopic (exact) mass is 606 g/mol. The molecule has 0 aliphatic heterocycles. The second kappa shape index (κ2) is 9.97. The number of ketones is 3. The maximum Gasteiger partial charge on any atom is 0.154 e. The maximum atomic E-state index is 14.9. The summed E-state index contributed by atoms with van der Waals surface area (Å²) in [5.41, 5.74) is -0.0340. The summed E-state index contributed by atoms with van der Waals surface area (Å²) in [6, 6.07) is 0. The van der Waals surface area contributed by atoms with E-state index >= 15 is 0 Å². The van der Waals surface area contributed by atoms with E-state index in [0.717, 1.165) is 89.9 Å². The minimum absolute atomic E-state index is 0.0117. The van der Waals surface area contributed by atoms with Gasteiger partial charge in [0, 0.05) is 12.8 Å². The van der Waals surface area contributed by atoms with Crippen molar-refractivity contribution >= 4 is 17.3 Å². The van der Waals surface area contributed by atoms with Crippen LogP contribution in [0.25, 0.3) is 0 Å². The van der Waals surface area contributed by atoms with Crippen LogP contribution < -0.4 is 0 Å². The average molecular weight is 607 g/mol. The first kappa shape index (κ1) is 30.3. The van der Waals surface area contributed by atoms with Crippen LogP contribution in [0.1, 0.15) is 130 Å². The van der Waals surface area contributed by atoms with Crippen LogP contribution in [0.2, 0.25) is 0 Å². The summed E-state index contributed by atoms with van der Waals surface area (Å²) in [5.74, 6) is 2.43. The Balaban J connectivity index is 1.08. The van der Waals surface area contributed by atoms with Crippen molar-refractivity contribution < 1.29 is 24.6 Å². The zero-order chi connectivity index (χ0) is 31.0. The molecule has 16 atom stereocenters. The number of hydrogen-bond donors (Lipinski definition) is 2. The summed E-state index contributed by atoms with van der Waals surface area (Å²) < 4.78 is 0. The van der Waals surface area contributed by atoms with Gasteiger partial charge >= 0.3 is 0 Å². The highest BCUT2D eigenvalue weighted by atomic mass is 16.3. The smallest absolute Gasteiger partial charge is 0.154 e. The number of Topliss-reactive ketones (excluding diaryl/α,β-unsaturated/α-hetero) is 3. The standard InChI is InChI=1S/C39H58O5/c1-36-19-15-29(40)33(27(36)7-5-21-23-9-11-31(42)38(23,3)17-13-25(21)36)35(44)34-28-8-6-22-24-10-12-32(43)39(24,4)18-14-26(22)37(28,2)20-16-30(34)41/h21-28,31-34,42-43H,5-20H2,1-4H3/t21-,22-,23-,24-,25-,26-,27?,28?,31-,32-,33?,34?,36+,37+,38-,39-/m0/s1. The second-order valence-corrected chi connectivity index (χ2v) is 18.7. The van der Waals surface area contributed by atoms with E-state index in [1.807, 2.05) is 0 Å². The van der Waals surface area contributed by atoms with Crippen molar-refractivity contribution in [2.45, 2.75) is 143 Å². The average Bonchev–Trinajstić information content (AvgIpc) is 3.47. The van der Waals surface area contributed by atoms with Crippen molar-refractivity contribution in [3.8, 4) is 0 Å². The minimum atomic E-state index is -0.606. The molecule has 8 aliphatic rings. The van der Waals surface area contributed by atoms with E-state index < -0.39 is 11.8 Å². The normalized spacial score (nSPS) is 58.2. The van der Waals surface area contributed by atoms with Crippen molar-refractivity contribution in [2.75, 3.05) is 0 Å². The summed E-state index contributed by atoms with van der Waals surface area (Å²) >= 11 is 0. The second-order valence-electron chi connectivity index (χ2n) is 18.7. The lowest BCUT2D eigenvalue weighted by Crippen LogP contribution is -2.61. The topological polar surface area (TPSA) is 91.7 Å². The molecule has 0 radical (unpaired) electrons. The Morgan fingerprint density at radius 1 is 0.500 bits per heavy atom. The molecule has 244 valence electrons. The molecule has 0 amide bonds. The van der Waals surface area contributed by atoms with Gasteiger partial charge in [-0.25, -0.2) is 0 Å². The van der Waals surface area contributed by atoms with E-state index in [0.29, 0.717) is 48.3 Å². The molecule has 8 saturated carbocycles. The van der Waals surface area contributed by atoms with Crippen molar-refractivity contribution in [1.29, 1.82) is 0 Å². The Kier molecular flexibility index (Phi) is 6.86. The fourth-order valence-corrected chi connectivity index (χ4v) is 15.2. The largest absolute Gasteiger partial charge is 0.393 e. The number of carbonyl (C=O) groups excluding carboxylic acids is 3. The van der Waals surface area contributed by atoms with Gasteiger partial charge in [0.2, 0.25) is 0 Å². The van der Waals surface area contributed by atoms with Crippen LogP contribution in [-0.2, 0) is 14.4 Å². The molecule has 0 saturated heterocycles. The van der Waals surface area contributed by atoms with Crippen LogP contribution in [0.3, 0.4) is 0 Å². The van der Waals surface area contributed by atoms with Gasteiger partial charge in [0.25, 0.3) is 0 Å². The number of fused-ring (bicyclic) bond motifs is 10. The Morgan fingerprint density at radius 3 is 1.27 bits per heavy atom. The number of carbonyl (C=O) groups is 3. The lowest BCUT2D eigenvalue weighted by atomic mass is 9.41. The zero-order valence-electron chi connectivity index (χ0n) is 27.9. The molecule has 0 aromatic carbocycles. The first-order valence-electron chi connectivity index (χ1n) is 18.8. The van der Waals surface area contributed by atoms with E-state index in [-0.39, 0.29) is 63.1 Å². The molecule has 5 heteroatoms. The maximum absolute atomic E-state index is 14.9. The Bertz CT molecular complexity index is 1150. The molecule has 0 aromatic heterocycles. The number of aliphatic hydroxyl groups excluding tert-OH is 2. The molecule has 2 N–H and O–H groups in total. The van der Waals surface area contributed by atoms with Crippen LogP contribution >= 0.6 is 0 Å². The molecule has 8 fully saturated rings. The van der Waals surface area contributed by atoms with E-state index in [1.54, 1.807) is 0 Å². The first-order chi connectivity index (χ1) is 20.8. The molecule has 8 aliphatic carbocycles. The van der Waals surface area contributed by atoms with Gasteiger partial charge in [-0.05, 0) is 159 Å². The van der Waals surface area contributed by atoms with Crippen LogP contribution in [0.5, 0.6) is 0 Å². The van der Waals surface area contributed by atoms with Gasteiger partial charge in [-0.15, -0.1) is 0 Å². The molecule has 8 rings (SSSR count). The Labute approximate surface area is 265 Å². The molecule has 0 spiro atoms. The predicted molar refractivity (Wildman–Crippen MR) is 168 cm³/mol. The summed E-state index contributed by atoms with van der Waals surface area (Å²) in [4.78, 5) is 42.7.